The first kappa shape index (κ1) is 10.2. The van der Waals surface area contributed by atoms with Crippen LogP contribution >= 0.6 is 11.6 Å². The summed E-state index contributed by atoms with van der Waals surface area (Å²) in [5.74, 6) is -0.326. The number of aliphatic hydroxyl groups excluding tert-OH is 1. The lowest BCUT2D eigenvalue weighted by atomic mass is 10.2. The Morgan fingerprint density at radius 2 is 2.00 bits per heavy atom. The Bertz CT molecular complexity index is 402. The van der Waals surface area contributed by atoms with Gasteiger partial charge in [-0.1, -0.05) is 41.9 Å². The van der Waals surface area contributed by atoms with Crippen LogP contribution in [0, 0.1) is 0 Å². The van der Waals surface area contributed by atoms with Crippen molar-refractivity contribution in [3.05, 3.63) is 47.0 Å². The molecule has 0 fully saturated rings. The first-order valence-electron chi connectivity index (χ1n) is 4.59. The van der Waals surface area contributed by atoms with Crippen LogP contribution in [-0.4, -0.2) is 22.1 Å². The van der Waals surface area contributed by atoms with Crippen LogP contribution in [0.2, 0.25) is 0 Å². The van der Waals surface area contributed by atoms with Crippen LogP contribution in [0.3, 0.4) is 0 Å². The maximum absolute atomic E-state index is 11.5. The Morgan fingerprint density at radius 3 is 2.53 bits per heavy atom. The molecular formula is C11H10ClNO2. The van der Waals surface area contributed by atoms with Crippen molar-refractivity contribution in [2.24, 2.45) is 0 Å². The number of aliphatic hydroxyl groups is 1. The van der Waals surface area contributed by atoms with Gasteiger partial charge < -0.3 is 10.0 Å². The number of rotatable bonds is 2. The van der Waals surface area contributed by atoms with E-state index in [0.717, 1.165) is 5.56 Å². The first-order chi connectivity index (χ1) is 7.18. The van der Waals surface area contributed by atoms with Gasteiger partial charge in [-0.2, -0.15) is 0 Å². The van der Waals surface area contributed by atoms with Crippen molar-refractivity contribution >= 4 is 17.5 Å². The van der Waals surface area contributed by atoms with Crippen molar-refractivity contribution in [1.82, 2.24) is 4.90 Å². The molecule has 15 heavy (non-hydrogen) atoms. The third-order valence-electron chi connectivity index (χ3n) is 2.28. The summed E-state index contributed by atoms with van der Waals surface area (Å²) >= 11 is 5.63. The molecular weight excluding hydrogens is 214 g/mol. The van der Waals surface area contributed by atoms with Crippen molar-refractivity contribution < 1.29 is 9.90 Å². The molecule has 0 saturated carbocycles. The number of benzene rings is 1. The molecule has 0 saturated heterocycles. The van der Waals surface area contributed by atoms with E-state index in [-0.39, 0.29) is 10.9 Å². The number of carbonyl (C=O) groups is 1. The van der Waals surface area contributed by atoms with Gasteiger partial charge in [0, 0.05) is 6.54 Å². The first-order valence-corrected chi connectivity index (χ1v) is 4.96. The molecule has 1 amide bonds. The van der Waals surface area contributed by atoms with Gasteiger partial charge in [-0.25, -0.2) is 0 Å². The highest BCUT2D eigenvalue weighted by atomic mass is 35.5. The Morgan fingerprint density at radius 1 is 1.33 bits per heavy atom. The summed E-state index contributed by atoms with van der Waals surface area (Å²) in [6.45, 7) is 0.369. The zero-order valence-corrected chi connectivity index (χ0v) is 8.69. The summed E-state index contributed by atoms with van der Waals surface area (Å²) in [5, 5.41) is 9.62. The Labute approximate surface area is 92.6 Å². The standard InChI is InChI=1S/C11H10ClNO2/c12-9-6-10(14)13(11(9)15)7-8-4-2-1-3-5-8/h1-6,10,14H,7H2. The molecule has 0 aromatic heterocycles. The molecule has 2 rings (SSSR count). The Kier molecular flexibility index (Phi) is 2.75. The quantitative estimate of drug-likeness (QED) is 0.825. The molecule has 1 aromatic carbocycles. The molecule has 3 nitrogen and oxygen atoms in total. The predicted octanol–water partition coefficient (Wildman–Crippen LogP) is 1.47. The summed E-state index contributed by atoms with van der Waals surface area (Å²) in [5.41, 5.74) is 0.963. The van der Waals surface area contributed by atoms with Gasteiger partial charge in [-0.15, -0.1) is 0 Å². The van der Waals surface area contributed by atoms with E-state index in [1.54, 1.807) is 0 Å². The van der Waals surface area contributed by atoms with Gasteiger partial charge in [0.05, 0.1) is 0 Å². The second kappa shape index (κ2) is 4.04. The molecule has 78 valence electrons. The van der Waals surface area contributed by atoms with Crippen molar-refractivity contribution in [1.29, 1.82) is 0 Å². The van der Waals surface area contributed by atoms with Gasteiger partial charge in [-0.05, 0) is 11.6 Å². The second-order valence-electron chi connectivity index (χ2n) is 3.35. The summed E-state index contributed by atoms with van der Waals surface area (Å²) in [4.78, 5) is 12.8. The molecule has 1 N–H and O–H groups in total. The maximum Gasteiger partial charge on any atom is 0.267 e. The molecule has 0 spiro atoms. The Balaban J connectivity index is 2.12. The predicted molar refractivity (Wildman–Crippen MR) is 56.9 cm³/mol. The fourth-order valence-corrected chi connectivity index (χ4v) is 1.72. The summed E-state index contributed by atoms with van der Waals surface area (Å²) in [6, 6.07) is 9.46. The van der Waals surface area contributed by atoms with Gasteiger partial charge in [-0.3, -0.25) is 4.79 Å². The van der Waals surface area contributed by atoms with Gasteiger partial charge in [0.2, 0.25) is 0 Å². The Hall–Kier alpha value is -1.32. The van der Waals surface area contributed by atoms with Crippen molar-refractivity contribution in [2.45, 2.75) is 12.8 Å². The monoisotopic (exact) mass is 223 g/mol. The lowest BCUT2D eigenvalue weighted by molar-refractivity contribution is -0.131. The van der Waals surface area contributed by atoms with E-state index in [2.05, 4.69) is 0 Å². The normalized spacial score (nSPS) is 20.7. The summed E-state index contributed by atoms with van der Waals surface area (Å²) in [6.07, 6.45) is 0.428. The maximum atomic E-state index is 11.5. The van der Waals surface area contributed by atoms with E-state index in [1.165, 1.54) is 11.0 Å². The smallest absolute Gasteiger partial charge is 0.267 e. The average Bonchev–Trinajstić information content (AvgIpc) is 2.47. The van der Waals surface area contributed by atoms with Gasteiger partial charge in [0.15, 0.2) is 6.23 Å². The molecule has 0 bridgehead atoms. The van der Waals surface area contributed by atoms with Crippen molar-refractivity contribution in [3.63, 3.8) is 0 Å². The van der Waals surface area contributed by atoms with E-state index >= 15 is 0 Å². The zero-order chi connectivity index (χ0) is 10.8. The van der Waals surface area contributed by atoms with Gasteiger partial charge >= 0.3 is 0 Å². The van der Waals surface area contributed by atoms with E-state index in [0.29, 0.717) is 6.54 Å². The number of hydrogen-bond acceptors (Lipinski definition) is 2. The molecule has 1 aliphatic heterocycles. The fourth-order valence-electron chi connectivity index (χ4n) is 1.49. The van der Waals surface area contributed by atoms with E-state index in [9.17, 15) is 9.90 Å². The highest BCUT2D eigenvalue weighted by Gasteiger charge is 2.29. The molecule has 1 aromatic rings. The topological polar surface area (TPSA) is 40.5 Å². The lowest BCUT2D eigenvalue weighted by Gasteiger charge is -2.20. The molecule has 4 heteroatoms. The van der Waals surface area contributed by atoms with Crippen LogP contribution < -0.4 is 0 Å². The number of halogens is 1. The van der Waals surface area contributed by atoms with Crippen molar-refractivity contribution in [2.75, 3.05) is 0 Å². The molecule has 1 unspecified atom stereocenters. The fraction of sp³-hybridized carbons (Fsp3) is 0.182. The zero-order valence-electron chi connectivity index (χ0n) is 7.93. The van der Waals surface area contributed by atoms with E-state index in [4.69, 9.17) is 11.6 Å². The van der Waals surface area contributed by atoms with Crippen LogP contribution in [0.4, 0.5) is 0 Å². The van der Waals surface area contributed by atoms with E-state index in [1.807, 2.05) is 30.3 Å². The number of nitrogens with zero attached hydrogens (tertiary/aromatic N) is 1. The van der Waals surface area contributed by atoms with Crippen LogP contribution in [0.15, 0.2) is 41.4 Å². The van der Waals surface area contributed by atoms with Crippen LogP contribution in [0.25, 0.3) is 0 Å². The van der Waals surface area contributed by atoms with Gasteiger partial charge in [0.25, 0.3) is 5.91 Å². The highest BCUT2D eigenvalue weighted by Crippen LogP contribution is 2.21. The summed E-state index contributed by atoms with van der Waals surface area (Å²) in [7, 11) is 0. The summed E-state index contributed by atoms with van der Waals surface area (Å²) < 4.78 is 0. The van der Waals surface area contributed by atoms with Crippen LogP contribution in [0.1, 0.15) is 5.56 Å². The minimum Gasteiger partial charge on any atom is -0.370 e. The molecule has 0 radical (unpaired) electrons. The molecule has 1 heterocycles. The third-order valence-corrected chi connectivity index (χ3v) is 2.56. The number of amides is 1. The molecule has 1 aliphatic rings. The third kappa shape index (κ3) is 2.03. The van der Waals surface area contributed by atoms with Crippen molar-refractivity contribution in [3.8, 4) is 0 Å². The minimum atomic E-state index is -0.912. The van der Waals surface area contributed by atoms with Crippen LogP contribution in [-0.2, 0) is 11.3 Å². The molecule has 1 atom stereocenters. The average molecular weight is 224 g/mol. The van der Waals surface area contributed by atoms with E-state index < -0.39 is 6.23 Å². The second-order valence-corrected chi connectivity index (χ2v) is 3.75. The largest absolute Gasteiger partial charge is 0.370 e. The number of hydrogen-bond donors (Lipinski definition) is 1. The highest BCUT2D eigenvalue weighted by molar-refractivity contribution is 6.42. The minimum absolute atomic E-state index is 0.0819. The SMILES string of the molecule is O=C1C(Cl)=CC(O)N1Cc1ccccc1. The van der Waals surface area contributed by atoms with Crippen LogP contribution in [0.5, 0.6) is 0 Å². The van der Waals surface area contributed by atoms with Gasteiger partial charge in [0.1, 0.15) is 5.03 Å². The molecule has 0 aliphatic carbocycles. The number of carbonyl (C=O) groups excluding carboxylic acids is 1. The lowest BCUT2D eigenvalue weighted by Crippen LogP contribution is -2.33.